The first-order valence-corrected chi connectivity index (χ1v) is 7.57. The van der Waals surface area contributed by atoms with E-state index in [9.17, 15) is 0 Å². The molecular formula is C14H22N4. The number of rotatable bonds is 3. The monoisotopic (exact) mass is 246 g/mol. The molecule has 98 valence electrons. The average molecular weight is 246 g/mol. The van der Waals surface area contributed by atoms with E-state index >= 15 is 0 Å². The average Bonchev–Trinajstić information content (AvgIpc) is 2.96. The molecule has 1 N–H and O–H groups in total. The first-order valence-electron chi connectivity index (χ1n) is 7.57. The van der Waals surface area contributed by atoms with Gasteiger partial charge in [-0.3, -0.25) is 0 Å². The van der Waals surface area contributed by atoms with E-state index in [4.69, 9.17) is 0 Å². The van der Waals surface area contributed by atoms with Crippen molar-refractivity contribution in [3.05, 3.63) is 11.6 Å². The van der Waals surface area contributed by atoms with E-state index < -0.39 is 0 Å². The Kier molecular flexibility index (Phi) is 2.64. The highest BCUT2D eigenvalue weighted by Crippen LogP contribution is 2.41. The third-order valence-corrected chi connectivity index (χ3v) is 4.87. The lowest BCUT2D eigenvalue weighted by atomic mass is 10.0. The molecule has 2 fully saturated rings. The minimum absolute atomic E-state index is 0.489. The van der Waals surface area contributed by atoms with E-state index in [0.717, 1.165) is 31.3 Å². The third kappa shape index (κ3) is 1.87. The minimum Gasteiger partial charge on any atom is -0.312 e. The van der Waals surface area contributed by atoms with Crippen LogP contribution in [-0.4, -0.2) is 21.3 Å². The first-order chi connectivity index (χ1) is 8.92. The van der Waals surface area contributed by atoms with Crippen molar-refractivity contribution in [2.45, 2.75) is 57.5 Å². The van der Waals surface area contributed by atoms with Crippen LogP contribution >= 0.6 is 0 Å². The topological polar surface area (TPSA) is 42.7 Å². The van der Waals surface area contributed by atoms with E-state index in [1.807, 2.05) is 0 Å². The molecule has 4 rings (SSSR count). The standard InChI is InChI=1S/C14H22N4/c1-2-4-10(3-1)9-12-16-17-14-13(11-5-6-11)15-7-8-18(12)14/h10-11,13,15H,1-9H2. The van der Waals surface area contributed by atoms with Crippen LogP contribution in [0.3, 0.4) is 0 Å². The molecule has 4 nitrogen and oxygen atoms in total. The van der Waals surface area contributed by atoms with Gasteiger partial charge in [0.25, 0.3) is 0 Å². The third-order valence-electron chi connectivity index (χ3n) is 4.87. The molecule has 2 heterocycles. The predicted molar refractivity (Wildman–Crippen MR) is 69.2 cm³/mol. The zero-order valence-electron chi connectivity index (χ0n) is 10.9. The quantitative estimate of drug-likeness (QED) is 0.887. The summed E-state index contributed by atoms with van der Waals surface area (Å²) in [6.45, 7) is 2.15. The van der Waals surface area contributed by atoms with Gasteiger partial charge in [-0.05, 0) is 24.7 Å². The molecule has 18 heavy (non-hydrogen) atoms. The summed E-state index contributed by atoms with van der Waals surface area (Å²) in [5.41, 5.74) is 0. The Hall–Kier alpha value is -0.900. The van der Waals surface area contributed by atoms with Crippen LogP contribution in [0.5, 0.6) is 0 Å². The second-order valence-electron chi connectivity index (χ2n) is 6.25. The van der Waals surface area contributed by atoms with Gasteiger partial charge in [0.1, 0.15) is 5.82 Å². The highest BCUT2D eigenvalue weighted by atomic mass is 15.3. The number of hydrogen-bond acceptors (Lipinski definition) is 3. The Balaban J connectivity index is 1.57. The van der Waals surface area contributed by atoms with Crippen molar-refractivity contribution in [3.63, 3.8) is 0 Å². The highest BCUT2D eigenvalue weighted by Gasteiger charge is 2.37. The fourth-order valence-electron chi connectivity index (χ4n) is 3.68. The maximum Gasteiger partial charge on any atom is 0.150 e. The number of hydrogen-bond donors (Lipinski definition) is 1. The van der Waals surface area contributed by atoms with Crippen LogP contribution in [0.4, 0.5) is 0 Å². The van der Waals surface area contributed by atoms with Crippen LogP contribution in [0.2, 0.25) is 0 Å². The van der Waals surface area contributed by atoms with Crippen molar-refractivity contribution in [2.75, 3.05) is 6.54 Å². The summed E-state index contributed by atoms with van der Waals surface area (Å²) in [6.07, 6.45) is 9.50. The van der Waals surface area contributed by atoms with E-state index in [1.54, 1.807) is 0 Å². The van der Waals surface area contributed by atoms with Gasteiger partial charge in [-0.25, -0.2) is 0 Å². The molecule has 1 atom stereocenters. The summed E-state index contributed by atoms with van der Waals surface area (Å²) in [7, 11) is 0. The van der Waals surface area contributed by atoms with Crippen LogP contribution in [0.25, 0.3) is 0 Å². The van der Waals surface area contributed by atoms with E-state index in [-0.39, 0.29) is 0 Å². The fourth-order valence-corrected chi connectivity index (χ4v) is 3.68. The predicted octanol–water partition coefficient (Wildman–Crippen LogP) is 2.07. The van der Waals surface area contributed by atoms with Gasteiger partial charge in [0.15, 0.2) is 5.82 Å². The first kappa shape index (κ1) is 11.0. The largest absolute Gasteiger partial charge is 0.312 e. The molecular weight excluding hydrogens is 224 g/mol. The Morgan fingerprint density at radius 3 is 2.72 bits per heavy atom. The fraction of sp³-hybridized carbons (Fsp3) is 0.857. The van der Waals surface area contributed by atoms with E-state index in [0.29, 0.717) is 6.04 Å². The highest BCUT2D eigenvalue weighted by molar-refractivity contribution is 5.09. The Morgan fingerprint density at radius 2 is 1.94 bits per heavy atom. The van der Waals surface area contributed by atoms with E-state index in [2.05, 4.69) is 20.1 Å². The molecule has 1 aromatic heterocycles. The lowest BCUT2D eigenvalue weighted by Gasteiger charge is -2.25. The summed E-state index contributed by atoms with van der Waals surface area (Å²) in [6, 6.07) is 0.489. The molecule has 2 saturated carbocycles. The Bertz CT molecular complexity index is 429. The van der Waals surface area contributed by atoms with Crippen LogP contribution in [-0.2, 0) is 13.0 Å². The van der Waals surface area contributed by atoms with Crippen molar-refractivity contribution in [1.29, 1.82) is 0 Å². The molecule has 0 bridgehead atoms. The molecule has 0 spiro atoms. The molecule has 1 unspecified atom stereocenters. The molecule has 3 aliphatic rings. The lowest BCUT2D eigenvalue weighted by molar-refractivity contribution is 0.372. The molecule has 0 aromatic carbocycles. The second-order valence-corrected chi connectivity index (χ2v) is 6.25. The van der Waals surface area contributed by atoms with Crippen molar-refractivity contribution < 1.29 is 0 Å². The van der Waals surface area contributed by atoms with Crippen molar-refractivity contribution in [3.8, 4) is 0 Å². The van der Waals surface area contributed by atoms with Gasteiger partial charge < -0.3 is 9.88 Å². The summed E-state index contributed by atoms with van der Waals surface area (Å²) < 4.78 is 2.41. The van der Waals surface area contributed by atoms with Crippen molar-refractivity contribution in [2.24, 2.45) is 11.8 Å². The summed E-state index contributed by atoms with van der Waals surface area (Å²) in [5, 5.41) is 12.6. The van der Waals surface area contributed by atoms with Gasteiger partial charge in [-0.1, -0.05) is 25.7 Å². The molecule has 1 aliphatic heterocycles. The van der Waals surface area contributed by atoms with Crippen LogP contribution < -0.4 is 5.32 Å². The Labute approximate surface area is 108 Å². The summed E-state index contributed by atoms with van der Waals surface area (Å²) in [5.74, 6) is 4.17. The smallest absolute Gasteiger partial charge is 0.150 e. The van der Waals surface area contributed by atoms with Gasteiger partial charge in [0.05, 0.1) is 6.04 Å². The lowest BCUT2D eigenvalue weighted by Crippen LogP contribution is -2.35. The van der Waals surface area contributed by atoms with Gasteiger partial charge in [-0.15, -0.1) is 10.2 Å². The second kappa shape index (κ2) is 4.34. The van der Waals surface area contributed by atoms with Gasteiger partial charge in [0, 0.05) is 19.5 Å². The molecule has 0 radical (unpaired) electrons. The van der Waals surface area contributed by atoms with E-state index in [1.165, 1.54) is 50.2 Å². The maximum absolute atomic E-state index is 4.49. The van der Waals surface area contributed by atoms with Crippen LogP contribution in [0.15, 0.2) is 0 Å². The number of fused-ring (bicyclic) bond motifs is 1. The van der Waals surface area contributed by atoms with Crippen molar-refractivity contribution >= 4 is 0 Å². The normalized spacial score (nSPS) is 28.6. The number of aromatic nitrogens is 3. The molecule has 0 saturated heterocycles. The van der Waals surface area contributed by atoms with Crippen LogP contribution in [0.1, 0.15) is 56.2 Å². The molecule has 2 aliphatic carbocycles. The molecule has 1 aromatic rings. The minimum atomic E-state index is 0.489. The van der Waals surface area contributed by atoms with Gasteiger partial charge in [0.2, 0.25) is 0 Å². The zero-order chi connectivity index (χ0) is 11.9. The van der Waals surface area contributed by atoms with Gasteiger partial charge in [-0.2, -0.15) is 0 Å². The maximum atomic E-state index is 4.49. The molecule has 0 amide bonds. The zero-order valence-corrected chi connectivity index (χ0v) is 10.9. The SMILES string of the molecule is C1CCC(Cc2nnc3n2CCNC3C2CC2)C1. The van der Waals surface area contributed by atoms with Gasteiger partial charge >= 0.3 is 0 Å². The molecule has 4 heteroatoms. The number of nitrogens with one attached hydrogen (secondary N) is 1. The summed E-state index contributed by atoms with van der Waals surface area (Å²) >= 11 is 0. The number of nitrogens with zero attached hydrogens (tertiary/aromatic N) is 3. The summed E-state index contributed by atoms with van der Waals surface area (Å²) in [4.78, 5) is 0. The Morgan fingerprint density at radius 1 is 1.11 bits per heavy atom. The van der Waals surface area contributed by atoms with Crippen molar-refractivity contribution in [1.82, 2.24) is 20.1 Å². The van der Waals surface area contributed by atoms with Crippen LogP contribution in [0, 0.1) is 11.8 Å².